The topological polar surface area (TPSA) is 47.9 Å². The monoisotopic (exact) mass is 404 g/mol. The van der Waals surface area contributed by atoms with Crippen LogP contribution in [0.15, 0.2) is 53.6 Å². The van der Waals surface area contributed by atoms with E-state index in [1.807, 2.05) is 24.3 Å². The summed E-state index contributed by atoms with van der Waals surface area (Å²) in [4.78, 5) is 16.6. The van der Waals surface area contributed by atoms with Gasteiger partial charge in [-0.1, -0.05) is 47.5 Å². The van der Waals surface area contributed by atoms with E-state index in [4.69, 9.17) is 23.2 Å². The lowest BCUT2D eigenvalue weighted by Gasteiger charge is -2.34. The standard InChI is InChI=1S/C20H22Cl2N4O/c21-18-6-4-16(5-7-18)14-25-8-10-26(11-9-25)15-20(27)24-23-13-17-2-1-3-19(22)12-17/h1-7,12-13H,8-11,14-15H2,(H,24,27)/b23-13-. The number of piperazine rings is 1. The largest absolute Gasteiger partial charge is 0.297 e. The van der Waals surface area contributed by atoms with Gasteiger partial charge in [0.05, 0.1) is 12.8 Å². The van der Waals surface area contributed by atoms with Crippen molar-refractivity contribution < 1.29 is 4.79 Å². The van der Waals surface area contributed by atoms with Crippen molar-refractivity contribution in [2.75, 3.05) is 32.7 Å². The molecular formula is C20H22Cl2N4O. The number of carbonyl (C=O) groups is 1. The summed E-state index contributed by atoms with van der Waals surface area (Å²) in [5.74, 6) is -0.112. The molecule has 1 aliphatic heterocycles. The molecule has 2 aromatic carbocycles. The highest BCUT2D eigenvalue weighted by atomic mass is 35.5. The SMILES string of the molecule is O=C(CN1CCN(Cc2ccc(Cl)cc2)CC1)N/N=C\c1cccc(Cl)c1. The summed E-state index contributed by atoms with van der Waals surface area (Å²) in [6.07, 6.45) is 1.59. The Morgan fingerprint density at radius 1 is 1.00 bits per heavy atom. The van der Waals surface area contributed by atoms with Crippen LogP contribution in [0.5, 0.6) is 0 Å². The van der Waals surface area contributed by atoms with Crippen LogP contribution in [-0.2, 0) is 11.3 Å². The summed E-state index contributed by atoms with van der Waals surface area (Å²) in [6.45, 7) is 4.84. The summed E-state index contributed by atoms with van der Waals surface area (Å²) in [6, 6.07) is 15.3. The van der Waals surface area contributed by atoms with Crippen LogP contribution >= 0.6 is 23.2 Å². The number of amides is 1. The molecule has 142 valence electrons. The molecule has 0 saturated carbocycles. The first-order chi connectivity index (χ1) is 13.1. The van der Waals surface area contributed by atoms with Gasteiger partial charge in [0.2, 0.25) is 0 Å². The van der Waals surface area contributed by atoms with Crippen LogP contribution in [0.25, 0.3) is 0 Å². The minimum Gasteiger partial charge on any atom is -0.297 e. The smallest absolute Gasteiger partial charge is 0.254 e. The van der Waals surface area contributed by atoms with Crippen molar-refractivity contribution in [3.8, 4) is 0 Å². The van der Waals surface area contributed by atoms with Gasteiger partial charge >= 0.3 is 0 Å². The molecule has 0 spiro atoms. The molecule has 2 aromatic rings. The summed E-state index contributed by atoms with van der Waals surface area (Å²) in [7, 11) is 0. The molecule has 7 heteroatoms. The molecule has 1 aliphatic rings. The van der Waals surface area contributed by atoms with Crippen LogP contribution in [-0.4, -0.2) is 54.6 Å². The molecule has 0 bridgehead atoms. The molecule has 1 saturated heterocycles. The van der Waals surface area contributed by atoms with E-state index >= 15 is 0 Å². The summed E-state index contributed by atoms with van der Waals surface area (Å²) >= 11 is 11.8. The molecule has 0 radical (unpaired) electrons. The maximum atomic E-state index is 12.1. The summed E-state index contributed by atoms with van der Waals surface area (Å²) in [5, 5.41) is 5.39. The number of nitrogens with zero attached hydrogens (tertiary/aromatic N) is 3. The average molecular weight is 405 g/mol. The first kappa shape index (κ1) is 19.8. The second-order valence-corrected chi connectivity index (χ2v) is 7.40. The van der Waals surface area contributed by atoms with Gasteiger partial charge in [0.15, 0.2) is 0 Å². The van der Waals surface area contributed by atoms with E-state index in [1.54, 1.807) is 18.3 Å². The molecule has 0 atom stereocenters. The van der Waals surface area contributed by atoms with Gasteiger partial charge in [0.1, 0.15) is 0 Å². The molecule has 27 heavy (non-hydrogen) atoms. The minimum absolute atomic E-state index is 0.112. The molecule has 0 aromatic heterocycles. The van der Waals surface area contributed by atoms with Gasteiger partial charge in [-0.05, 0) is 35.4 Å². The fourth-order valence-corrected chi connectivity index (χ4v) is 3.28. The Morgan fingerprint density at radius 3 is 2.41 bits per heavy atom. The molecule has 5 nitrogen and oxygen atoms in total. The summed E-state index contributed by atoms with van der Waals surface area (Å²) < 4.78 is 0. The Labute approximate surface area is 169 Å². The van der Waals surface area contributed by atoms with Gasteiger partial charge < -0.3 is 0 Å². The van der Waals surface area contributed by atoms with Gasteiger partial charge in [-0.2, -0.15) is 5.10 Å². The Bertz CT molecular complexity index is 787. The van der Waals surface area contributed by atoms with Crippen LogP contribution < -0.4 is 5.43 Å². The van der Waals surface area contributed by atoms with Crippen LogP contribution in [0, 0.1) is 0 Å². The van der Waals surface area contributed by atoms with E-state index in [-0.39, 0.29) is 5.91 Å². The third-order valence-electron chi connectivity index (χ3n) is 4.40. The summed E-state index contributed by atoms with van der Waals surface area (Å²) in [5.41, 5.74) is 4.67. The minimum atomic E-state index is -0.112. The molecule has 0 aliphatic carbocycles. The normalized spacial score (nSPS) is 15.9. The van der Waals surface area contributed by atoms with E-state index in [0.29, 0.717) is 11.6 Å². The molecular weight excluding hydrogens is 383 g/mol. The van der Waals surface area contributed by atoms with Gasteiger partial charge in [-0.3, -0.25) is 14.6 Å². The number of rotatable bonds is 6. The lowest BCUT2D eigenvalue weighted by molar-refractivity contribution is -0.122. The van der Waals surface area contributed by atoms with Crippen molar-refractivity contribution in [1.29, 1.82) is 0 Å². The van der Waals surface area contributed by atoms with Crippen molar-refractivity contribution in [2.45, 2.75) is 6.54 Å². The second-order valence-electron chi connectivity index (χ2n) is 6.53. The Balaban J connectivity index is 1.38. The predicted molar refractivity (Wildman–Crippen MR) is 110 cm³/mol. The van der Waals surface area contributed by atoms with E-state index in [9.17, 15) is 4.79 Å². The molecule has 1 amide bonds. The lowest BCUT2D eigenvalue weighted by Crippen LogP contribution is -2.48. The Kier molecular flexibility index (Phi) is 7.24. The van der Waals surface area contributed by atoms with E-state index < -0.39 is 0 Å². The number of halogens is 2. The zero-order valence-electron chi connectivity index (χ0n) is 14.9. The zero-order chi connectivity index (χ0) is 19.1. The highest BCUT2D eigenvalue weighted by molar-refractivity contribution is 6.31. The number of hydrogen-bond acceptors (Lipinski definition) is 4. The first-order valence-electron chi connectivity index (χ1n) is 8.85. The molecule has 0 unspecified atom stereocenters. The van der Waals surface area contributed by atoms with Crippen molar-refractivity contribution in [2.24, 2.45) is 5.10 Å². The second kappa shape index (κ2) is 9.85. The molecule has 1 fully saturated rings. The van der Waals surface area contributed by atoms with Gasteiger partial charge in [0, 0.05) is 42.8 Å². The zero-order valence-corrected chi connectivity index (χ0v) is 16.5. The highest BCUT2D eigenvalue weighted by Crippen LogP contribution is 2.13. The third kappa shape index (κ3) is 6.63. The number of hydrazone groups is 1. The maximum absolute atomic E-state index is 12.1. The Hall–Kier alpha value is -1.92. The maximum Gasteiger partial charge on any atom is 0.254 e. The van der Waals surface area contributed by atoms with Crippen LogP contribution in [0.2, 0.25) is 10.0 Å². The van der Waals surface area contributed by atoms with Crippen molar-refractivity contribution in [3.63, 3.8) is 0 Å². The van der Waals surface area contributed by atoms with E-state index in [2.05, 4.69) is 32.5 Å². The van der Waals surface area contributed by atoms with E-state index in [0.717, 1.165) is 43.3 Å². The van der Waals surface area contributed by atoms with Crippen LogP contribution in [0.4, 0.5) is 0 Å². The average Bonchev–Trinajstić information content (AvgIpc) is 2.65. The first-order valence-corrected chi connectivity index (χ1v) is 9.61. The predicted octanol–water partition coefficient (Wildman–Crippen LogP) is 3.26. The van der Waals surface area contributed by atoms with Gasteiger partial charge in [-0.25, -0.2) is 5.43 Å². The third-order valence-corrected chi connectivity index (χ3v) is 4.89. The fourth-order valence-electron chi connectivity index (χ4n) is 2.96. The fraction of sp³-hybridized carbons (Fsp3) is 0.300. The quantitative estimate of drug-likeness (QED) is 0.593. The van der Waals surface area contributed by atoms with Crippen LogP contribution in [0.3, 0.4) is 0 Å². The molecule has 1 heterocycles. The highest BCUT2D eigenvalue weighted by Gasteiger charge is 2.18. The Morgan fingerprint density at radius 2 is 1.70 bits per heavy atom. The van der Waals surface area contributed by atoms with Crippen molar-refractivity contribution in [1.82, 2.24) is 15.2 Å². The van der Waals surface area contributed by atoms with Crippen LogP contribution in [0.1, 0.15) is 11.1 Å². The number of nitrogens with one attached hydrogen (secondary N) is 1. The van der Waals surface area contributed by atoms with Crippen molar-refractivity contribution in [3.05, 3.63) is 69.7 Å². The number of hydrogen-bond donors (Lipinski definition) is 1. The van der Waals surface area contributed by atoms with E-state index in [1.165, 1.54) is 5.56 Å². The van der Waals surface area contributed by atoms with Gasteiger partial charge in [-0.15, -0.1) is 0 Å². The number of carbonyl (C=O) groups excluding carboxylic acids is 1. The van der Waals surface area contributed by atoms with Crippen molar-refractivity contribution >= 4 is 35.3 Å². The number of benzene rings is 2. The molecule has 1 N–H and O–H groups in total. The lowest BCUT2D eigenvalue weighted by atomic mass is 10.2. The molecule has 3 rings (SSSR count). The van der Waals surface area contributed by atoms with Gasteiger partial charge in [0.25, 0.3) is 5.91 Å².